The topological polar surface area (TPSA) is 96.1 Å². The first-order valence-electron chi connectivity index (χ1n) is 7.30. The molecule has 25 heavy (non-hydrogen) atoms. The molecule has 126 valence electrons. The first kappa shape index (κ1) is 15.1. The number of aromatic nitrogens is 4. The van der Waals surface area contributed by atoms with Gasteiger partial charge < -0.3 is 13.4 Å². The third-order valence-electron chi connectivity index (χ3n) is 3.74. The minimum atomic E-state index is -0.755. The molecule has 8 nitrogen and oxygen atoms in total. The Bertz CT molecular complexity index is 1190. The maximum absolute atomic E-state index is 13.4. The van der Waals surface area contributed by atoms with Crippen LogP contribution in [0.4, 0.5) is 4.39 Å². The molecular formula is C16H11FN4O4. The molecule has 0 fully saturated rings. The summed E-state index contributed by atoms with van der Waals surface area (Å²) in [5.41, 5.74) is 0.425. The van der Waals surface area contributed by atoms with Crippen LogP contribution in [0.5, 0.6) is 0 Å². The summed E-state index contributed by atoms with van der Waals surface area (Å²) < 4.78 is 25.9. The van der Waals surface area contributed by atoms with Crippen molar-refractivity contribution in [2.24, 2.45) is 7.05 Å². The standard InChI is InChI=1S/C16H11FN4O4/c1-20-12-5-4-9(17)7-10(12)18-11(15(20)22)8-21-16(23)25-14(19-21)13-3-2-6-24-13/h2-7H,8H2,1H3. The number of hydrogen-bond acceptors (Lipinski definition) is 6. The average Bonchev–Trinajstić information content (AvgIpc) is 3.22. The molecule has 0 spiro atoms. The highest BCUT2D eigenvalue weighted by Crippen LogP contribution is 2.15. The number of benzene rings is 1. The van der Waals surface area contributed by atoms with Gasteiger partial charge in [-0.15, -0.1) is 5.10 Å². The summed E-state index contributed by atoms with van der Waals surface area (Å²) in [6.45, 7) is -0.206. The zero-order valence-corrected chi connectivity index (χ0v) is 13.0. The van der Waals surface area contributed by atoms with Crippen molar-refractivity contribution < 1.29 is 13.2 Å². The van der Waals surface area contributed by atoms with E-state index in [0.717, 1.165) is 4.68 Å². The highest BCUT2D eigenvalue weighted by Gasteiger charge is 2.16. The van der Waals surface area contributed by atoms with Gasteiger partial charge in [-0.2, -0.15) is 4.68 Å². The van der Waals surface area contributed by atoms with Crippen LogP contribution in [0.15, 0.2) is 55.0 Å². The highest BCUT2D eigenvalue weighted by molar-refractivity contribution is 5.74. The maximum atomic E-state index is 13.4. The van der Waals surface area contributed by atoms with E-state index in [9.17, 15) is 14.0 Å². The van der Waals surface area contributed by atoms with Crippen LogP contribution < -0.4 is 11.3 Å². The SMILES string of the molecule is Cn1c(=O)c(Cn2nc(-c3ccco3)oc2=O)nc2cc(F)ccc21. The fourth-order valence-electron chi connectivity index (χ4n) is 2.52. The van der Waals surface area contributed by atoms with Crippen LogP contribution >= 0.6 is 0 Å². The largest absolute Gasteiger partial charge is 0.459 e. The molecule has 0 bridgehead atoms. The summed E-state index contributed by atoms with van der Waals surface area (Å²) in [6, 6.07) is 7.16. The van der Waals surface area contributed by atoms with E-state index in [4.69, 9.17) is 8.83 Å². The molecule has 4 aromatic rings. The van der Waals surface area contributed by atoms with E-state index in [1.807, 2.05) is 0 Å². The number of nitrogens with zero attached hydrogens (tertiary/aromatic N) is 4. The molecule has 0 aliphatic heterocycles. The van der Waals surface area contributed by atoms with Crippen LogP contribution in [0.2, 0.25) is 0 Å². The second kappa shape index (κ2) is 5.55. The van der Waals surface area contributed by atoms with Gasteiger partial charge in [0.05, 0.1) is 23.8 Å². The smallest absolute Gasteiger partial charge is 0.437 e. The summed E-state index contributed by atoms with van der Waals surface area (Å²) in [7, 11) is 1.55. The molecule has 3 heterocycles. The number of furan rings is 1. The van der Waals surface area contributed by atoms with Crippen LogP contribution in [-0.4, -0.2) is 19.3 Å². The van der Waals surface area contributed by atoms with E-state index in [0.29, 0.717) is 11.0 Å². The average molecular weight is 342 g/mol. The fraction of sp³-hybridized carbons (Fsp3) is 0.125. The Hall–Kier alpha value is -3.49. The van der Waals surface area contributed by atoms with Crippen molar-refractivity contribution in [1.29, 1.82) is 0 Å². The minimum Gasteiger partial charge on any atom is -0.459 e. The lowest BCUT2D eigenvalue weighted by molar-refractivity contribution is 0.475. The second-order valence-electron chi connectivity index (χ2n) is 5.36. The second-order valence-corrected chi connectivity index (χ2v) is 5.36. The lowest BCUT2D eigenvalue weighted by Crippen LogP contribution is -2.28. The Morgan fingerprint density at radius 2 is 2.08 bits per heavy atom. The number of fused-ring (bicyclic) bond motifs is 1. The Kier molecular flexibility index (Phi) is 3.34. The van der Waals surface area contributed by atoms with E-state index in [-0.39, 0.29) is 23.9 Å². The lowest BCUT2D eigenvalue weighted by atomic mass is 10.2. The Labute approximate surface area is 138 Å². The number of aryl methyl sites for hydroxylation is 1. The van der Waals surface area contributed by atoms with Gasteiger partial charge in [-0.25, -0.2) is 14.2 Å². The van der Waals surface area contributed by atoms with Gasteiger partial charge in [0.25, 0.3) is 11.4 Å². The van der Waals surface area contributed by atoms with E-state index in [1.54, 1.807) is 19.2 Å². The van der Waals surface area contributed by atoms with Crippen molar-refractivity contribution in [1.82, 2.24) is 19.3 Å². The van der Waals surface area contributed by atoms with Crippen LogP contribution in [0, 0.1) is 5.82 Å². The maximum Gasteiger partial charge on any atom is 0.437 e. The predicted molar refractivity (Wildman–Crippen MR) is 84.5 cm³/mol. The van der Waals surface area contributed by atoms with Gasteiger partial charge in [-0.05, 0) is 24.3 Å². The lowest BCUT2D eigenvalue weighted by Gasteiger charge is -2.07. The first-order valence-corrected chi connectivity index (χ1v) is 7.30. The molecule has 1 aromatic carbocycles. The molecule has 0 amide bonds. The van der Waals surface area contributed by atoms with Gasteiger partial charge in [-0.3, -0.25) is 4.79 Å². The predicted octanol–water partition coefficient (Wildman–Crippen LogP) is 1.53. The molecule has 3 aromatic heterocycles. The molecule has 0 aliphatic carbocycles. The monoisotopic (exact) mass is 342 g/mol. The number of halogens is 1. The quantitative estimate of drug-likeness (QED) is 0.560. The molecule has 0 saturated carbocycles. The minimum absolute atomic E-state index is 0.00124. The van der Waals surface area contributed by atoms with E-state index in [1.165, 1.54) is 29.0 Å². The van der Waals surface area contributed by atoms with Crippen LogP contribution in [0.1, 0.15) is 5.69 Å². The molecule has 0 saturated heterocycles. The van der Waals surface area contributed by atoms with Crippen molar-refractivity contribution in [3.8, 4) is 11.7 Å². The van der Waals surface area contributed by atoms with E-state index >= 15 is 0 Å². The molecule has 0 radical (unpaired) electrons. The van der Waals surface area contributed by atoms with E-state index in [2.05, 4.69) is 10.1 Å². The summed E-state index contributed by atoms with van der Waals surface area (Å²) >= 11 is 0. The van der Waals surface area contributed by atoms with Crippen molar-refractivity contribution in [2.75, 3.05) is 0 Å². The van der Waals surface area contributed by atoms with Crippen molar-refractivity contribution in [3.63, 3.8) is 0 Å². The molecule has 9 heteroatoms. The van der Waals surface area contributed by atoms with E-state index < -0.39 is 17.1 Å². The molecule has 0 N–H and O–H groups in total. The van der Waals surface area contributed by atoms with Crippen LogP contribution in [0.25, 0.3) is 22.7 Å². The molecule has 4 rings (SSSR count). The molecule has 0 unspecified atom stereocenters. The Balaban J connectivity index is 1.80. The van der Waals surface area contributed by atoms with Crippen LogP contribution in [-0.2, 0) is 13.6 Å². The van der Waals surface area contributed by atoms with Crippen molar-refractivity contribution in [3.05, 3.63) is 69.0 Å². The van der Waals surface area contributed by atoms with Crippen LogP contribution in [0.3, 0.4) is 0 Å². The first-order chi connectivity index (χ1) is 12.0. The van der Waals surface area contributed by atoms with Crippen molar-refractivity contribution >= 4 is 11.0 Å². The summed E-state index contributed by atoms with van der Waals surface area (Å²) in [6.07, 6.45) is 1.42. The summed E-state index contributed by atoms with van der Waals surface area (Å²) in [4.78, 5) is 28.5. The molecule has 0 aliphatic rings. The highest BCUT2D eigenvalue weighted by atomic mass is 19.1. The van der Waals surface area contributed by atoms with Gasteiger partial charge in [0, 0.05) is 13.1 Å². The molecular weight excluding hydrogens is 331 g/mol. The van der Waals surface area contributed by atoms with Gasteiger partial charge >= 0.3 is 5.76 Å². The zero-order valence-electron chi connectivity index (χ0n) is 13.0. The number of hydrogen-bond donors (Lipinski definition) is 0. The van der Waals surface area contributed by atoms with Crippen molar-refractivity contribution in [2.45, 2.75) is 6.54 Å². The van der Waals surface area contributed by atoms with Gasteiger partial charge in [0.2, 0.25) is 0 Å². The summed E-state index contributed by atoms with van der Waals surface area (Å²) in [5.74, 6) is -0.936. The fourth-order valence-corrected chi connectivity index (χ4v) is 2.52. The van der Waals surface area contributed by atoms with Gasteiger partial charge in [0.15, 0.2) is 5.76 Å². The Morgan fingerprint density at radius 3 is 2.84 bits per heavy atom. The Morgan fingerprint density at radius 1 is 1.24 bits per heavy atom. The number of rotatable bonds is 3. The van der Waals surface area contributed by atoms with Gasteiger partial charge in [0.1, 0.15) is 11.5 Å². The molecule has 0 atom stereocenters. The third-order valence-corrected chi connectivity index (χ3v) is 3.74. The normalized spacial score (nSPS) is 11.3. The van der Waals surface area contributed by atoms with Gasteiger partial charge in [-0.1, -0.05) is 0 Å². The third kappa shape index (κ3) is 2.55. The summed E-state index contributed by atoms with van der Waals surface area (Å²) in [5, 5.41) is 4.00. The zero-order chi connectivity index (χ0) is 17.6.